The fourth-order valence-corrected chi connectivity index (χ4v) is 2.78. The molecule has 3 N–H and O–H groups in total. The topological polar surface area (TPSA) is 111 Å². The van der Waals surface area contributed by atoms with E-state index in [2.05, 4.69) is 30.5 Å². The highest BCUT2D eigenvalue weighted by Gasteiger charge is 2.19. The van der Waals surface area contributed by atoms with Crippen LogP contribution in [0.5, 0.6) is 0 Å². The van der Waals surface area contributed by atoms with Crippen LogP contribution in [0.1, 0.15) is 16.8 Å². The van der Waals surface area contributed by atoms with E-state index in [1.54, 1.807) is 17.1 Å². The summed E-state index contributed by atoms with van der Waals surface area (Å²) in [6.45, 7) is 4.36. The highest BCUT2D eigenvalue weighted by molar-refractivity contribution is 5.67. The molecule has 136 valence electrons. The van der Waals surface area contributed by atoms with Gasteiger partial charge in [0.15, 0.2) is 17.5 Å². The van der Waals surface area contributed by atoms with Gasteiger partial charge in [0.05, 0.1) is 18.4 Å². The lowest BCUT2D eigenvalue weighted by Crippen LogP contribution is -2.04. The van der Waals surface area contributed by atoms with E-state index in [1.807, 2.05) is 38.1 Å². The molecule has 3 aromatic heterocycles. The first-order valence-corrected chi connectivity index (χ1v) is 8.31. The van der Waals surface area contributed by atoms with E-state index in [1.165, 1.54) is 0 Å². The number of hydrogen-bond donors (Lipinski definition) is 2. The zero-order valence-corrected chi connectivity index (χ0v) is 14.8. The summed E-state index contributed by atoms with van der Waals surface area (Å²) in [6, 6.07) is 7.60. The van der Waals surface area contributed by atoms with Crippen molar-refractivity contribution in [3.05, 3.63) is 59.3 Å². The molecule has 4 rings (SSSR count). The van der Waals surface area contributed by atoms with Crippen molar-refractivity contribution in [1.29, 1.82) is 0 Å². The molecule has 0 saturated heterocycles. The van der Waals surface area contributed by atoms with Gasteiger partial charge in [-0.1, -0.05) is 23.4 Å². The summed E-state index contributed by atoms with van der Waals surface area (Å²) in [7, 11) is 0. The molecule has 4 aromatic rings. The first-order valence-electron chi connectivity index (χ1n) is 8.31. The lowest BCUT2D eigenvalue weighted by atomic mass is 10.0. The number of H-pyrrole nitrogens is 1. The summed E-state index contributed by atoms with van der Waals surface area (Å²) in [5, 5.41) is 14.8. The van der Waals surface area contributed by atoms with Crippen molar-refractivity contribution in [3.63, 3.8) is 0 Å². The second kappa shape index (κ2) is 6.60. The number of aryl methyl sites for hydroxylation is 1. The number of anilines is 1. The van der Waals surface area contributed by atoms with Crippen molar-refractivity contribution >= 4 is 5.82 Å². The Hall–Kier alpha value is -3.62. The summed E-state index contributed by atoms with van der Waals surface area (Å²) >= 11 is 0. The van der Waals surface area contributed by atoms with E-state index < -0.39 is 5.82 Å². The largest absolute Gasteiger partial charge is 0.381 e. The van der Waals surface area contributed by atoms with Crippen LogP contribution in [-0.4, -0.2) is 35.2 Å². The van der Waals surface area contributed by atoms with E-state index in [-0.39, 0.29) is 17.2 Å². The Morgan fingerprint density at radius 2 is 2.04 bits per heavy atom. The SMILES string of the molecule is Cc1cccc(-c2nc(N)c(F)c(-c3cn(Cc4cc[nH]n4)nn3)n2)c1C. The van der Waals surface area contributed by atoms with E-state index in [9.17, 15) is 4.39 Å². The van der Waals surface area contributed by atoms with Crippen molar-refractivity contribution in [2.75, 3.05) is 5.73 Å². The number of nitrogens with two attached hydrogens (primary N) is 1. The fraction of sp³-hybridized carbons (Fsp3) is 0.167. The molecule has 0 saturated carbocycles. The van der Waals surface area contributed by atoms with Gasteiger partial charge in [-0.2, -0.15) is 5.10 Å². The van der Waals surface area contributed by atoms with Crippen LogP contribution in [0.25, 0.3) is 22.8 Å². The third-order valence-corrected chi connectivity index (χ3v) is 4.39. The third kappa shape index (κ3) is 3.14. The fourth-order valence-electron chi connectivity index (χ4n) is 2.78. The monoisotopic (exact) mass is 364 g/mol. The van der Waals surface area contributed by atoms with Gasteiger partial charge < -0.3 is 5.73 Å². The van der Waals surface area contributed by atoms with Gasteiger partial charge in [0.1, 0.15) is 11.4 Å². The van der Waals surface area contributed by atoms with Crippen LogP contribution in [0.2, 0.25) is 0 Å². The van der Waals surface area contributed by atoms with Crippen LogP contribution >= 0.6 is 0 Å². The molecule has 0 aliphatic rings. The lowest BCUT2D eigenvalue weighted by molar-refractivity contribution is 0.623. The van der Waals surface area contributed by atoms with Gasteiger partial charge >= 0.3 is 0 Å². The van der Waals surface area contributed by atoms with Crippen molar-refractivity contribution in [2.45, 2.75) is 20.4 Å². The van der Waals surface area contributed by atoms with Crippen LogP contribution in [0, 0.1) is 19.7 Å². The minimum atomic E-state index is -0.712. The molecule has 9 heteroatoms. The number of nitrogen functional groups attached to an aromatic ring is 1. The number of rotatable bonds is 4. The Kier molecular flexibility index (Phi) is 4.11. The van der Waals surface area contributed by atoms with Crippen LogP contribution in [0.15, 0.2) is 36.7 Å². The third-order valence-electron chi connectivity index (χ3n) is 4.39. The maximum Gasteiger partial charge on any atom is 0.193 e. The number of hydrogen-bond acceptors (Lipinski definition) is 6. The Morgan fingerprint density at radius 1 is 1.19 bits per heavy atom. The van der Waals surface area contributed by atoms with Crippen LogP contribution in [-0.2, 0) is 6.54 Å². The summed E-state index contributed by atoms with van der Waals surface area (Å²) in [4.78, 5) is 8.50. The van der Waals surface area contributed by atoms with Crippen molar-refractivity contribution in [3.8, 4) is 22.8 Å². The van der Waals surface area contributed by atoms with E-state index in [0.717, 1.165) is 22.4 Å². The molecule has 0 radical (unpaired) electrons. The molecule has 0 bridgehead atoms. The molecule has 8 nitrogen and oxygen atoms in total. The molecule has 1 aromatic carbocycles. The molecular formula is C18H17FN8. The van der Waals surface area contributed by atoms with Crippen molar-refractivity contribution < 1.29 is 4.39 Å². The van der Waals surface area contributed by atoms with Gasteiger partial charge in [-0.05, 0) is 31.0 Å². The van der Waals surface area contributed by atoms with Gasteiger partial charge in [0, 0.05) is 11.8 Å². The van der Waals surface area contributed by atoms with Gasteiger partial charge in [-0.15, -0.1) is 5.10 Å². The molecule has 0 fully saturated rings. The quantitative estimate of drug-likeness (QED) is 0.575. The molecule has 0 aliphatic heterocycles. The maximum atomic E-state index is 14.6. The molecule has 27 heavy (non-hydrogen) atoms. The zero-order chi connectivity index (χ0) is 19.0. The summed E-state index contributed by atoms with van der Waals surface area (Å²) in [6.07, 6.45) is 3.32. The molecule has 0 amide bonds. The van der Waals surface area contributed by atoms with Crippen LogP contribution in [0.3, 0.4) is 0 Å². The number of nitrogens with zero attached hydrogens (tertiary/aromatic N) is 6. The summed E-state index contributed by atoms with van der Waals surface area (Å²) < 4.78 is 16.2. The Labute approximate surface area is 154 Å². The molecule has 0 unspecified atom stereocenters. The van der Waals surface area contributed by atoms with E-state index >= 15 is 0 Å². The summed E-state index contributed by atoms with van der Waals surface area (Å²) in [5.41, 5.74) is 9.79. The minimum Gasteiger partial charge on any atom is -0.381 e. The molecule has 0 atom stereocenters. The Bertz CT molecular complexity index is 1100. The normalized spacial score (nSPS) is 11.1. The van der Waals surface area contributed by atoms with Gasteiger partial charge in [0.2, 0.25) is 0 Å². The first-order chi connectivity index (χ1) is 13.0. The average Bonchev–Trinajstić information content (AvgIpc) is 3.32. The number of benzene rings is 1. The predicted octanol–water partition coefficient (Wildman–Crippen LogP) is 2.51. The molecule has 0 aliphatic carbocycles. The number of halogens is 1. The van der Waals surface area contributed by atoms with Gasteiger partial charge in [0.25, 0.3) is 0 Å². The van der Waals surface area contributed by atoms with E-state index in [4.69, 9.17) is 5.73 Å². The smallest absolute Gasteiger partial charge is 0.193 e. The highest BCUT2D eigenvalue weighted by Crippen LogP contribution is 2.28. The standard InChI is InChI=1S/C18H17FN8/c1-10-4-3-5-13(11(10)2)18-22-16(15(19)17(20)23-18)14-9-27(26-25-14)8-12-6-7-21-24-12/h3-7,9H,8H2,1-2H3,(H,21,24)(H2,20,22,23). The van der Waals surface area contributed by atoms with Crippen LogP contribution in [0.4, 0.5) is 10.2 Å². The highest BCUT2D eigenvalue weighted by atomic mass is 19.1. The van der Waals surface area contributed by atoms with Gasteiger partial charge in [-0.25, -0.2) is 19.0 Å². The zero-order valence-electron chi connectivity index (χ0n) is 14.8. The Balaban J connectivity index is 1.76. The second-order valence-corrected chi connectivity index (χ2v) is 6.21. The number of aromatic amines is 1. The van der Waals surface area contributed by atoms with Crippen molar-refractivity contribution in [2.24, 2.45) is 0 Å². The lowest BCUT2D eigenvalue weighted by Gasteiger charge is -2.10. The first kappa shape index (κ1) is 16.8. The number of nitrogens with one attached hydrogen (secondary N) is 1. The minimum absolute atomic E-state index is 0.0201. The summed E-state index contributed by atoms with van der Waals surface area (Å²) in [5.74, 6) is -0.583. The second-order valence-electron chi connectivity index (χ2n) is 6.21. The number of aromatic nitrogens is 7. The predicted molar refractivity (Wildman–Crippen MR) is 98.0 cm³/mol. The molecule has 3 heterocycles. The van der Waals surface area contributed by atoms with Gasteiger partial charge in [-0.3, -0.25) is 5.10 Å². The average molecular weight is 364 g/mol. The molecular weight excluding hydrogens is 347 g/mol. The maximum absolute atomic E-state index is 14.6. The van der Waals surface area contributed by atoms with Crippen molar-refractivity contribution in [1.82, 2.24) is 35.2 Å². The van der Waals surface area contributed by atoms with E-state index in [0.29, 0.717) is 12.4 Å². The Morgan fingerprint density at radius 3 is 2.81 bits per heavy atom. The molecule has 0 spiro atoms. The van der Waals surface area contributed by atoms with Crippen LogP contribution < -0.4 is 5.73 Å².